The van der Waals surface area contributed by atoms with E-state index in [0.717, 1.165) is 0 Å². The average molecular weight is 291 g/mol. The molecule has 0 spiro atoms. The topological polar surface area (TPSA) is 55.4 Å². The molecule has 0 bridgehead atoms. The third kappa shape index (κ3) is 9.07. The summed E-state index contributed by atoms with van der Waals surface area (Å²) >= 11 is 16.2. The number of alkyl halides is 3. The molecule has 0 rings (SSSR count). The highest BCUT2D eigenvalue weighted by atomic mass is 35.6. The van der Waals surface area contributed by atoms with Crippen molar-refractivity contribution in [1.29, 1.82) is 0 Å². The molecular formula is C9H14Cl3NO3. The van der Waals surface area contributed by atoms with Gasteiger partial charge in [0, 0.05) is 0 Å². The lowest BCUT2D eigenvalue weighted by molar-refractivity contribution is -0.109. The molecule has 1 amide bonds. The standard InChI is InChI=1S/C9H14Cl3NO3/c1-6(2)3-7(4-14)13-8(15)16-5-9(10,11)12/h4,6-7H,3,5H2,1-2H3,(H,13,15)/t7-/m0/s1. The number of ether oxygens (including phenoxy) is 1. The van der Waals surface area contributed by atoms with Crippen LogP contribution in [0.2, 0.25) is 0 Å². The predicted molar refractivity (Wildman–Crippen MR) is 64.1 cm³/mol. The first-order valence-corrected chi connectivity index (χ1v) is 5.83. The molecule has 1 atom stereocenters. The highest BCUT2D eigenvalue weighted by Crippen LogP contribution is 2.25. The number of carbonyl (C=O) groups excluding carboxylic acids is 2. The zero-order chi connectivity index (χ0) is 12.8. The number of hydrogen-bond donors (Lipinski definition) is 1. The van der Waals surface area contributed by atoms with Gasteiger partial charge in [0.2, 0.25) is 3.79 Å². The molecule has 0 saturated heterocycles. The normalized spacial score (nSPS) is 13.4. The monoisotopic (exact) mass is 289 g/mol. The smallest absolute Gasteiger partial charge is 0.407 e. The summed E-state index contributed by atoms with van der Waals surface area (Å²) in [5.74, 6) is 0.281. The van der Waals surface area contributed by atoms with Gasteiger partial charge >= 0.3 is 6.09 Å². The molecular weight excluding hydrogens is 276 g/mol. The Labute approximate surface area is 110 Å². The largest absolute Gasteiger partial charge is 0.445 e. The lowest BCUT2D eigenvalue weighted by atomic mass is 10.1. The average Bonchev–Trinajstić information content (AvgIpc) is 2.12. The van der Waals surface area contributed by atoms with Crippen LogP contribution in [0.1, 0.15) is 20.3 Å². The Kier molecular flexibility index (Phi) is 7.11. The van der Waals surface area contributed by atoms with E-state index in [-0.39, 0.29) is 12.5 Å². The summed E-state index contributed by atoms with van der Waals surface area (Å²) in [5, 5.41) is 2.37. The minimum absolute atomic E-state index is 0.281. The van der Waals surface area contributed by atoms with Crippen molar-refractivity contribution in [3.8, 4) is 0 Å². The summed E-state index contributed by atoms with van der Waals surface area (Å²) in [4.78, 5) is 21.8. The molecule has 94 valence electrons. The highest BCUT2D eigenvalue weighted by Gasteiger charge is 2.23. The van der Waals surface area contributed by atoms with Gasteiger partial charge in [-0.15, -0.1) is 0 Å². The van der Waals surface area contributed by atoms with E-state index < -0.39 is 15.9 Å². The van der Waals surface area contributed by atoms with Crippen LogP contribution in [0.3, 0.4) is 0 Å². The number of nitrogens with one attached hydrogen (secondary N) is 1. The summed E-state index contributed by atoms with van der Waals surface area (Å²) in [6.45, 7) is 3.51. The van der Waals surface area contributed by atoms with Crippen molar-refractivity contribution in [2.24, 2.45) is 5.92 Å². The van der Waals surface area contributed by atoms with Crippen LogP contribution in [0, 0.1) is 5.92 Å². The maximum Gasteiger partial charge on any atom is 0.407 e. The van der Waals surface area contributed by atoms with Crippen LogP contribution in [0.5, 0.6) is 0 Å². The Morgan fingerprint density at radius 2 is 2.00 bits per heavy atom. The van der Waals surface area contributed by atoms with E-state index in [1.807, 2.05) is 13.8 Å². The van der Waals surface area contributed by atoms with Crippen LogP contribution in [-0.2, 0) is 9.53 Å². The SMILES string of the molecule is CC(C)C[C@@H](C=O)NC(=O)OCC(Cl)(Cl)Cl. The Hall–Kier alpha value is -0.190. The molecule has 4 nitrogen and oxygen atoms in total. The fourth-order valence-corrected chi connectivity index (χ4v) is 1.16. The summed E-state index contributed by atoms with van der Waals surface area (Å²) in [6.07, 6.45) is 0.409. The molecule has 0 aromatic carbocycles. The van der Waals surface area contributed by atoms with E-state index in [2.05, 4.69) is 10.1 Å². The Bertz CT molecular complexity index is 241. The van der Waals surface area contributed by atoms with E-state index in [9.17, 15) is 9.59 Å². The van der Waals surface area contributed by atoms with Crippen molar-refractivity contribution in [3.05, 3.63) is 0 Å². The highest BCUT2D eigenvalue weighted by molar-refractivity contribution is 6.67. The van der Waals surface area contributed by atoms with Gasteiger partial charge in [0.05, 0.1) is 6.04 Å². The molecule has 0 unspecified atom stereocenters. The number of aldehydes is 1. The molecule has 16 heavy (non-hydrogen) atoms. The van der Waals surface area contributed by atoms with Gasteiger partial charge in [0.1, 0.15) is 12.9 Å². The molecule has 0 aromatic rings. The molecule has 0 heterocycles. The third-order valence-corrected chi connectivity index (χ3v) is 1.89. The molecule has 0 aliphatic carbocycles. The van der Waals surface area contributed by atoms with Crippen LogP contribution in [0.4, 0.5) is 4.79 Å². The first-order chi connectivity index (χ1) is 7.24. The number of carbonyl (C=O) groups is 2. The Balaban J connectivity index is 3.97. The van der Waals surface area contributed by atoms with Gasteiger partial charge < -0.3 is 14.8 Å². The minimum Gasteiger partial charge on any atom is -0.445 e. The minimum atomic E-state index is -1.65. The Morgan fingerprint density at radius 1 is 1.44 bits per heavy atom. The lowest BCUT2D eigenvalue weighted by Gasteiger charge is -2.16. The first-order valence-electron chi connectivity index (χ1n) is 4.70. The van der Waals surface area contributed by atoms with E-state index in [4.69, 9.17) is 34.8 Å². The summed E-state index contributed by atoms with van der Waals surface area (Å²) in [7, 11) is 0. The van der Waals surface area contributed by atoms with Gasteiger partial charge in [-0.05, 0) is 12.3 Å². The van der Waals surface area contributed by atoms with Crippen LogP contribution in [0.25, 0.3) is 0 Å². The second-order valence-electron chi connectivity index (χ2n) is 3.71. The molecule has 0 fully saturated rings. The van der Waals surface area contributed by atoms with E-state index in [0.29, 0.717) is 12.7 Å². The number of hydrogen-bond acceptors (Lipinski definition) is 3. The maximum absolute atomic E-state index is 11.2. The van der Waals surface area contributed by atoms with E-state index >= 15 is 0 Å². The molecule has 0 aliphatic rings. The van der Waals surface area contributed by atoms with E-state index in [1.165, 1.54) is 0 Å². The van der Waals surface area contributed by atoms with Crippen molar-refractivity contribution in [1.82, 2.24) is 5.32 Å². The van der Waals surface area contributed by atoms with Gasteiger partial charge in [-0.3, -0.25) is 0 Å². The van der Waals surface area contributed by atoms with Crippen molar-refractivity contribution >= 4 is 47.2 Å². The van der Waals surface area contributed by atoms with Crippen molar-refractivity contribution < 1.29 is 14.3 Å². The van der Waals surface area contributed by atoms with Crippen molar-refractivity contribution in [2.45, 2.75) is 30.1 Å². The number of halogens is 3. The summed E-state index contributed by atoms with van der Waals surface area (Å²) in [5.41, 5.74) is 0. The summed E-state index contributed by atoms with van der Waals surface area (Å²) in [6, 6.07) is -0.581. The second kappa shape index (κ2) is 7.20. The maximum atomic E-state index is 11.2. The zero-order valence-corrected chi connectivity index (χ0v) is 11.3. The Morgan fingerprint density at radius 3 is 2.38 bits per heavy atom. The predicted octanol–water partition coefficient (Wildman–Crippen LogP) is 2.70. The van der Waals surface area contributed by atoms with Crippen LogP contribution < -0.4 is 5.32 Å². The number of alkyl carbamates (subject to hydrolysis) is 1. The van der Waals surface area contributed by atoms with Crippen LogP contribution in [-0.4, -0.2) is 28.8 Å². The molecule has 1 N–H and O–H groups in total. The number of rotatable bonds is 5. The molecule has 7 heteroatoms. The first kappa shape index (κ1) is 15.8. The molecule has 0 aromatic heterocycles. The van der Waals surface area contributed by atoms with Gasteiger partial charge in [-0.25, -0.2) is 4.79 Å². The molecule has 0 saturated carbocycles. The van der Waals surface area contributed by atoms with Crippen LogP contribution >= 0.6 is 34.8 Å². The van der Waals surface area contributed by atoms with Crippen molar-refractivity contribution in [3.63, 3.8) is 0 Å². The van der Waals surface area contributed by atoms with Gasteiger partial charge in [0.15, 0.2) is 0 Å². The van der Waals surface area contributed by atoms with Gasteiger partial charge in [-0.2, -0.15) is 0 Å². The van der Waals surface area contributed by atoms with Crippen LogP contribution in [0.15, 0.2) is 0 Å². The second-order valence-corrected chi connectivity index (χ2v) is 6.22. The fourth-order valence-electron chi connectivity index (χ4n) is 0.997. The number of amides is 1. The molecule has 0 radical (unpaired) electrons. The van der Waals surface area contributed by atoms with Gasteiger partial charge in [0.25, 0.3) is 0 Å². The summed E-state index contributed by atoms with van der Waals surface area (Å²) < 4.78 is 2.97. The van der Waals surface area contributed by atoms with E-state index in [1.54, 1.807) is 0 Å². The van der Waals surface area contributed by atoms with Crippen molar-refractivity contribution in [2.75, 3.05) is 6.61 Å². The lowest BCUT2D eigenvalue weighted by Crippen LogP contribution is -2.38. The quantitative estimate of drug-likeness (QED) is 0.625. The molecule has 0 aliphatic heterocycles. The van der Waals surface area contributed by atoms with Gasteiger partial charge in [-0.1, -0.05) is 48.7 Å². The fraction of sp³-hybridized carbons (Fsp3) is 0.778. The zero-order valence-electron chi connectivity index (χ0n) is 9.00. The third-order valence-electron chi connectivity index (χ3n) is 1.56.